The third kappa shape index (κ3) is 4.17. The van der Waals surface area contributed by atoms with Crippen LogP contribution in [0.5, 0.6) is 0 Å². The molecular weight excluding hydrogens is 472 g/mol. The molecular formula is C26H27ClN2O4S. The van der Waals surface area contributed by atoms with Crippen LogP contribution in [0.4, 0.5) is 0 Å². The molecule has 1 aliphatic carbocycles. The van der Waals surface area contributed by atoms with Gasteiger partial charge in [-0.15, -0.1) is 0 Å². The number of rotatable bonds is 6. The first-order valence-corrected chi connectivity index (χ1v) is 13.5. The van der Waals surface area contributed by atoms with Crippen LogP contribution in [0.25, 0.3) is 0 Å². The molecule has 178 valence electrons. The fourth-order valence-electron chi connectivity index (χ4n) is 4.87. The molecule has 2 aromatic carbocycles. The zero-order valence-corrected chi connectivity index (χ0v) is 21.0. The first kappa shape index (κ1) is 23.1. The van der Waals surface area contributed by atoms with Crippen molar-refractivity contribution in [3.05, 3.63) is 92.9 Å². The number of nitrogens with zero attached hydrogens (tertiary/aromatic N) is 1. The third-order valence-electron chi connectivity index (χ3n) is 7.00. The fourth-order valence-corrected chi connectivity index (χ4v) is 5.77. The van der Waals surface area contributed by atoms with Crippen molar-refractivity contribution < 1.29 is 17.6 Å². The van der Waals surface area contributed by atoms with Crippen LogP contribution in [0.15, 0.2) is 52.9 Å². The number of hydrogen-bond acceptors (Lipinski definition) is 4. The summed E-state index contributed by atoms with van der Waals surface area (Å²) in [6.07, 6.45) is 2.71. The van der Waals surface area contributed by atoms with Crippen molar-refractivity contribution in [2.24, 2.45) is 0 Å². The molecule has 0 spiro atoms. The summed E-state index contributed by atoms with van der Waals surface area (Å²) in [6, 6.07) is 15.1. The molecule has 6 nitrogen and oxygen atoms in total. The molecule has 0 saturated heterocycles. The lowest BCUT2D eigenvalue weighted by Crippen LogP contribution is -2.38. The largest absolute Gasteiger partial charge is 0.447 e. The Balaban J connectivity index is 1.45. The standard InChI is InChI=1S/C26H27ClN2O4S/c1-16-4-7-21(17(2)12-16)24(22-8-9-23(27)33-22)28-25(30)26(10-11-26)20-6-5-18-14-29(34(3,31)32)15-19(18)13-20/h4-9,12-13,24H,10-11,14-15H2,1-3H3,(H,28,30). The van der Waals surface area contributed by atoms with Crippen molar-refractivity contribution >= 4 is 27.5 Å². The Labute approximate surface area is 205 Å². The first-order valence-electron chi connectivity index (χ1n) is 11.3. The Morgan fingerprint density at radius 1 is 1.06 bits per heavy atom. The van der Waals surface area contributed by atoms with Crippen molar-refractivity contribution in [3.8, 4) is 0 Å². The summed E-state index contributed by atoms with van der Waals surface area (Å²) in [5, 5.41) is 3.50. The third-order valence-corrected chi connectivity index (χ3v) is 8.40. The van der Waals surface area contributed by atoms with Crippen LogP contribution in [0.2, 0.25) is 5.22 Å². The maximum atomic E-state index is 13.7. The van der Waals surface area contributed by atoms with E-state index in [0.29, 0.717) is 18.8 Å². The van der Waals surface area contributed by atoms with Gasteiger partial charge in [0.05, 0.1) is 11.7 Å². The SMILES string of the molecule is Cc1ccc(C(NC(=O)C2(c3ccc4c(c3)CN(S(C)(=O)=O)C4)CC2)c2ccc(Cl)o2)c(C)c1. The summed E-state index contributed by atoms with van der Waals surface area (Å²) >= 11 is 6.06. The molecule has 1 saturated carbocycles. The molecule has 3 aromatic rings. The molecule has 0 bridgehead atoms. The number of hydrogen-bond donors (Lipinski definition) is 1. The van der Waals surface area contributed by atoms with Gasteiger partial charge in [-0.05, 0) is 78.2 Å². The van der Waals surface area contributed by atoms with E-state index in [-0.39, 0.29) is 11.1 Å². The maximum Gasteiger partial charge on any atom is 0.231 e. The molecule has 0 radical (unpaired) electrons. The highest BCUT2D eigenvalue weighted by Gasteiger charge is 2.52. The summed E-state index contributed by atoms with van der Waals surface area (Å²) in [5.41, 5.74) is 5.41. The lowest BCUT2D eigenvalue weighted by atomic mass is 9.90. The number of furan rings is 1. The fraction of sp³-hybridized carbons (Fsp3) is 0.346. The average Bonchev–Trinajstić information content (AvgIpc) is 3.27. The number of benzene rings is 2. The molecule has 1 aromatic heterocycles. The van der Waals surface area contributed by atoms with Crippen LogP contribution in [0.1, 0.15) is 58.0 Å². The Kier molecular flexibility index (Phi) is 5.62. The minimum absolute atomic E-state index is 0.0667. The average molecular weight is 499 g/mol. The zero-order valence-electron chi connectivity index (χ0n) is 19.4. The number of sulfonamides is 1. The van der Waals surface area contributed by atoms with Gasteiger partial charge in [0, 0.05) is 13.1 Å². The summed E-state index contributed by atoms with van der Waals surface area (Å²) in [7, 11) is -3.27. The molecule has 34 heavy (non-hydrogen) atoms. The second-order valence-electron chi connectivity index (χ2n) is 9.51. The van der Waals surface area contributed by atoms with Gasteiger partial charge >= 0.3 is 0 Å². The molecule has 2 heterocycles. The number of carbonyl (C=O) groups excluding carboxylic acids is 1. The number of carbonyl (C=O) groups is 1. The molecule has 1 N–H and O–H groups in total. The lowest BCUT2D eigenvalue weighted by Gasteiger charge is -2.24. The number of amides is 1. The van der Waals surface area contributed by atoms with Gasteiger partial charge in [-0.2, -0.15) is 4.31 Å². The van der Waals surface area contributed by atoms with Crippen molar-refractivity contribution in [3.63, 3.8) is 0 Å². The maximum absolute atomic E-state index is 13.7. The second kappa shape index (κ2) is 8.26. The van der Waals surface area contributed by atoms with E-state index in [1.807, 2.05) is 44.2 Å². The topological polar surface area (TPSA) is 79.6 Å². The van der Waals surface area contributed by atoms with E-state index in [9.17, 15) is 13.2 Å². The molecule has 1 unspecified atom stereocenters. The summed E-state index contributed by atoms with van der Waals surface area (Å²) in [6.45, 7) is 4.77. The predicted molar refractivity (Wildman–Crippen MR) is 131 cm³/mol. The molecule has 5 rings (SSSR count). The van der Waals surface area contributed by atoms with Crippen LogP contribution in [0, 0.1) is 13.8 Å². The van der Waals surface area contributed by atoms with E-state index in [1.165, 1.54) is 10.6 Å². The Morgan fingerprint density at radius 3 is 2.41 bits per heavy atom. The summed E-state index contributed by atoms with van der Waals surface area (Å²) < 4.78 is 31.2. The van der Waals surface area contributed by atoms with Gasteiger partial charge < -0.3 is 9.73 Å². The molecule has 2 aliphatic rings. The van der Waals surface area contributed by atoms with Crippen molar-refractivity contribution in [1.82, 2.24) is 9.62 Å². The first-order chi connectivity index (χ1) is 16.1. The Bertz CT molecular complexity index is 1390. The van der Waals surface area contributed by atoms with E-state index >= 15 is 0 Å². The van der Waals surface area contributed by atoms with Gasteiger partial charge in [0.2, 0.25) is 15.9 Å². The molecule has 1 amide bonds. The lowest BCUT2D eigenvalue weighted by molar-refractivity contribution is -0.124. The molecule has 1 fully saturated rings. The minimum Gasteiger partial charge on any atom is -0.447 e. The van der Waals surface area contributed by atoms with Crippen LogP contribution in [-0.4, -0.2) is 24.9 Å². The number of halogens is 1. The quantitative estimate of drug-likeness (QED) is 0.531. The van der Waals surface area contributed by atoms with Crippen molar-refractivity contribution in [1.29, 1.82) is 0 Å². The number of fused-ring (bicyclic) bond motifs is 1. The number of nitrogens with one attached hydrogen (secondary N) is 1. The Morgan fingerprint density at radius 2 is 1.79 bits per heavy atom. The van der Waals surface area contributed by atoms with Crippen molar-refractivity contribution in [2.45, 2.75) is 51.2 Å². The summed E-state index contributed by atoms with van der Waals surface area (Å²) in [5.74, 6) is 0.516. The summed E-state index contributed by atoms with van der Waals surface area (Å²) in [4.78, 5) is 13.7. The highest BCUT2D eigenvalue weighted by molar-refractivity contribution is 7.88. The highest BCUT2D eigenvalue weighted by atomic mass is 35.5. The van der Waals surface area contributed by atoms with Gasteiger partial charge in [-0.1, -0.05) is 42.0 Å². The molecule has 1 atom stereocenters. The van der Waals surface area contributed by atoms with Gasteiger partial charge in [0.15, 0.2) is 5.22 Å². The van der Waals surface area contributed by atoms with E-state index in [4.69, 9.17) is 16.0 Å². The van der Waals surface area contributed by atoms with Gasteiger partial charge in [-0.3, -0.25) is 4.79 Å². The normalized spacial score (nSPS) is 17.9. The van der Waals surface area contributed by atoms with Gasteiger partial charge in [0.1, 0.15) is 11.8 Å². The predicted octanol–water partition coefficient (Wildman–Crippen LogP) is 4.76. The van der Waals surface area contributed by atoms with E-state index in [1.54, 1.807) is 12.1 Å². The van der Waals surface area contributed by atoms with E-state index in [0.717, 1.165) is 46.2 Å². The zero-order chi connectivity index (χ0) is 24.3. The van der Waals surface area contributed by atoms with E-state index < -0.39 is 21.5 Å². The second-order valence-corrected chi connectivity index (χ2v) is 11.9. The van der Waals surface area contributed by atoms with E-state index in [2.05, 4.69) is 11.4 Å². The monoisotopic (exact) mass is 498 g/mol. The van der Waals surface area contributed by atoms with Crippen LogP contribution in [-0.2, 0) is 33.3 Å². The smallest absolute Gasteiger partial charge is 0.231 e. The minimum atomic E-state index is -3.27. The molecule has 1 aliphatic heterocycles. The Hall–Kier alpha value is -2.61. The van der Waals surface area contributed by atoms with Crippen LogP contribution >= 0.6 is 11.6 Å². The van der Waals surface area contributed by atoms with Gasteiger partial charge in [-0.25, -0.2) is 8.42 Å². The molecule has 8 heteroatoms. The van der Waals surface area contributed by atoms with Crippen LogP contribution < -0.4 is 5.32 Å². The highest BCUT2D eigenvalue weighted by Crippen LogP contribution is 2.50. The van der Waals surface area contributed by atoms with Crippen molar-refractivity contribution in [2.75, 3.05) is 6.26 Å². The van der Waals surface area contributed by atoms with Crippen LogP contribution in [0.3, 0.4) is 0 Å². The number of aryl methyl sites for hydroxylation is 2. The van der Waals surface area contributed by atoms with Gasteiger partial charge in [0.25, 0.3) is 0 Å².